The van der Waals surface area contributed by atoms with Crippen LogP contribution < -0.4 is 4.90 Å². The van der Waals surface area contributed by atoms with Gasteiger partial charge < -0.3 is 4.90 Å². The highest BCUT2D eigenvalue weighted by atomic mass is 19.1. The molecule has 1 saturated carbocycles. The smallest absolute Gasteiger partial charge is 0.116 e. The van der Waals surface area contributed by atoms with E-state index in [-0.39, 0.29) is 6.04 Å². The van der Waals surface area contributed by atoms with E-state index < -0.39 is 6.17 Å². The largest absolute Gasteiger partial charge is 0.369 e. The van der Waals surface area contributed by atoms with Crippen molar-refractivity contribution in [3.05, 3.63) is 30.3 Å². The number of halogens is 1. The molecule has 1 saturated heterocycles. The van der Waals surface area contributed by atoms with Gasteiger partial charge in [-0.2, -0.15) is 0 Å². The van der Waals surface area contributed by atoms with Crippen molar-refractivity contribution >= 4 is 5.69 Å². The number of hydrogen-bond acceptors (Lipinski definition) is 2. The molecule has 0 N–H and O–H groups in total. The van der Waals surface area contributed by atoms with E-state index in [2.05, 4.69) is 34.1 Å². The molecule has 0 aromatic heterocycles. The fourth-order valence-corrected chi connectivity index (χ4v) is 2.80. The van der Waals surface area contributed by atoms with Crippen molar-refractivity contribution in [2.75, 3.05) is 31.1 Å². The van der Waals surface area contributed by atoms with Gasteiger partial charge in [-0.25, -0.2) is 4.39 Å². The molecule has 2 aliphatic rings. The van der Waals surface area contributed by atoms with Crippen LogP contribution in [0.2, 0.25) is 0 Å². The Morgan fingerprint density at radius 1 is 0.941 bits per heavy atom. The first-order valence-corrected chi connectivity index (χ1v) is 6.53. The van der Waals surface area contributed by atoms with Crippen LogP contribution in [0.1, 0.15) is 12.8 Å². The average molecular weight is 234 g/mol. The summed E-state index contributed by atoms with van der Waals surface area (Å²) >= 11 is 0. The van der Waals surface area contributed by atoms with Crippen molar-refractivity contribution in [3.63, 3.8) is 0 Å². The molecule has 2 nitrogen and oxygen atoms in total. The number of rotatable bonds is 2. The molecule has 3 rings (SSSR count). The van der Waals surface area contributed by atoms with Crippen LogP contribution in [0.15, 0.2) is 30.3 Å². The van der Waals surface area contributed by atoms with E-state index in [1.807, 2.05) is 6.07 Å². The summed E-state index contributed by atoms with van der Waals surface area (Å²) in [5, 5.41) is 0. The standard InChI is InChI=1S/C14H19FN2/c15-13-6-7-14(13)17-10-8-16(9-11-17)12-4-2-1-3-5-12/h1-5,13-14H,6-11H2. The van der Waals surface area contributed by atoms with E-state index in [4.69, 9.17) is 0 Å². The summed E-state index contributed by atoms with van der Waals surface area (Å²) in [7, 11) is 0. The maximum Gasteiger partial charge on any atom is 0.116 e. The van der Waals surface area contributed by atoms with Crippen molar-refractivity contribution in [2.24, 2.45) is 0 Å². The molecule has 0 bridgehead atoms. The van der Waals surface area contributed by atoms with E-state index in [0.29, 0.717) is 0 Å². The minimum atomic E-state index is -0.571. The van der Waals surface area contributed by atoms with Crippen LogP contribution >= 0.6 is 0 Å². The van der Waals surface area contributed by atoms with Crippen molar-refractivity contribution in [2.45, 2.75) is 25.1 Å². The predicted molar refractivity (Wildman–Crippen MR) is 68.1 cm³/mol. The first kappa shape index (κ1) is 11.0. The lowest BCUT2D eigenvalue weighted by Crippen LogP contribution is -2.56. The Labute approximate surface area is 102 Å². The average Bonchev–Trinajstić information content (AvgIpc) is 2.39. The highest BCUT2D eigenvalue weighted by molar-refractivity contribution is 5.46. The number of anilines is 1. The van der Waals surface area contributed by atoms with Crippen molar-refractivity contribution in [3.8, 4) is 0 Å². The summed E-state index contributed by atoms with van der Waals surface area (Å²) in [6.45, 7) is 4.04. The quantitative estimate of drug-likeness (QED) is 0.775. The monoisotopic (exact) mass is 234 g/mol. The number of nitrogens with zero attached hydrogens (tertiary/aromatic N) is 2. The third kappa shape index (κ3) is 2.16. The molecule has 17 heavy (non-hydrogen) atoms. The van der Waals surface area contributed by atoms with Gasteiger partial charge in [0.1, 0.15) is 6.17 Å². The SMILES string of the molecule is FC1CCC1N1CCN(c2ccccc2)CC1. The second-order valence-corrected chi connectivity index (χ2v) is 5.02. The maximum absolute atomic E-state index is 13.3. The Morgan fingerprint density at radius 2 is 1.65 bits per heavy atom. The Hall–Kier alpha value is -1.09. The second kappa shape index (κ2) is 4.65. The number of hydrogen-bond donors (Lipinski definition) is 0. The third-order valence-electron chi connectivity index (χ3n) is 4.06. The van der Waals surface area contributed by atoms with Gasteiger partial charge in [-0.1, -0.05) is 18.2 Å². The zero-order chi connectivity index (χ0) is 11.7. The Morgan fingerprint density at radius 3 is 2.18 bits per heavy atom. The fourth-order valence-electron chi connectivity index (χ4n) is 2.80. The number of piperazine rings is 1. The zero-order valence-corrected chi connectivity index (χ0v) is 10.1. The van der Waals surface area contributed by atoms with Gasteiger partial charge in [0.25, 0.3) is 0 Å². The number of alkyl halides is 1. The first-order chi connectivity index (χ1) is 8.34. The number of para-hydroxylation sites is 1. The molecule has 0 radical (unpaired) electrons. The predicted octanol–water partition coefficient (Wildman–Crippen LogP) is 2.31. The lowest BCUT2D eigenvalue weighted by atomic mass is 9.88. The third-order valence-corrected chi connectivity index (χ3v) is 4.06. The topological polar surface area (TPSA) is 6.48 Å². The minimum absolute atomic E-state index is 0.216. The van der Waals surface area contributed by atoms with Crippen LogP contribution in [0.3, 0.4) is 0 Å². The van der Waals surface area contributed by atoms with Crippen molar-refractivity contribution in [1.29, 1.82) is 0 Å². The summed E-state index contributed by atoms with van der Waals surface area (Å²) < 4.78 is 13.3. The van der Waals surface area contributed by atoms with Gasteiger partial charge in [-0.05, 0) is 25.0 Å². The zero-order valence-electron chi connectivity index (χ0n) is 10.1. The van der Waals surface area contributed by atoms with E-state index in [1.165, 1.54) is 5.69 Å². The lowest BCUT2D eigenvalue weighted by molar-refractivity contribution is 0.0314. The van der Waals surface area contributed by atoms with Crippen LogP contribution in [-0.2, 0) is 0 Å². The molecule has 0 spiro atoms. The lowest BCUT2D eigenvalue weighted by Gasteiger charge is -2.45. The summed E-state index contributed by atoms with van der Waals surface area (Å²) in [4.78, 5) is 4.72. The molecule has 1 aliphatic heterocycles. The molecule has 92 valence electrons. The Kier molecular flexibility index (Phi) is 3.02. The molecular weight excluding hydrogens is 215 g/mol. The van der Waals surface area contributed by atoms with Crippen molar-refractivity contribution < 1.29 is 4.39 Å². The van der Waals surface area contributed by atoms with Gasteiger partial charge in [0.2, 0.25) is 0 Å². The van der Waals surface area contributed by atoms with E-state index in [0.717, 1.165) is 39.0 Å². The minimum Gasteiger partial charge on any atom is -0.369 e. The molecular formula is C14H19FN2. The molecule has 3 heteroatoms. The molecule has 2 fully saturated rings. The van der Waals surface area contributed by atoms with E-state index >= 15 is 0 Å². The summed E-state index contributed by atoms with van der Waals surface area (Å²) in [5.74, 6) is 0. The van der Waals surface area contributed by atoms with Crippen molar-refractivity contribution in [1.82, 2.24) is 4.90 Å². The van der Waals surface area contributed by atoms with Gasteiger partial charge >= 0.3 is 0 Å². The maximum atomic E-state index is 13.3. The molecule has 2 unspecified atom stereocenters. The van der Waals surface area contributed by atoms with Crippen LogP contribution in [0.25, 0.3) is 0 Å². The van der Waals surface area contributed by atoms with Gasteiger partial charge in [-0.15, -0.1) is 0 Å². The molecule has 2 atom stereocenters. The molecule has 1 heterocycles. The summed E-state index contributed by atoms with van der Waals surface area (Å²) in [6, 6.07) is 10.7. The molecule has 1 aliphatic carbocycles. The van der Waals surface area contributed by atoms with Crippen LogP contribution in [0, 0.1) is 0 Å². The normalized spacial score (nSPS) is 30.1. The van der Waals surface area contributed by atoms with Gasteiger partial charge in [0.15, 0.2) is 0 Å². The number of benzene rings is 1. The highest BCUT2D eigenvalue weighted by Gasteiger charge is 2.36. The van der Waals surface area contributed by atoms with Crippen LogP contribution in [-0.4, -0.2) is 43.3 Å². The summed E-state index contributed by atoms with van der Waals surface area (Å²) in [6.07, 6.45) is 1.24. The fraction of sp³-hybridized carbons (Fsp3) is 0.571. The first-order valence-electron chi connectivity index (χ1n) is 6.53. The van der Waals surface area contributed by atoms with Gasteiger partial charge in [-0.3, -0.25) is 4.90 Å². The molecule has 0 amide bonds. The van der Waals surface area contributed by atoms with Gasteiger partial charge in [0.05, 0.1) is 0 Å². The van der Waals surface area contributed by atoms with E-state index in [1.54, 1.807) is 0 Å². The van der Waals surface area contributed by atoms with Crippen LogP contribution in [0.4, 0.5) is 10.1 Å². The second-order valence-electron chi connectivity index (χ2n) is 5.02. The molecule has 1 aromatic rings. The van der Waals surface area contributed by atoms with Gasteiger partial charge in [0, 0.05) is 37.9 Å². The summed E-state index contributed by atoms with van der Waals surface area (Å²) in [5.41, 5.74) is 1.29. The Balaban J connectivity index is 1.57. The highest BCUT2D eigenvalue weighted by Crippen LogP contribution is 2.29. The van der Waals surface area contributed by atoms with E-state index in [9.17, 15) is 4.39 Å². The Bertz CT molecular complexity index is 360. The van der Waals surface area contributed by atoms with Crippen LogP contribution in [0.5, 0.6) is 0 Å². The molecule has 1 aromatic carbocycles.